The Balaban J connectivity index is 2.14. The zero-order valence-electron chi connectivity index (χ0n) is 10.3. The number of piperidine rings is 1. The average Bonchev–Trinajstić information content (AvgIpc) is 2.26. The normalized spacial score (nSPS) is 24.7. The Morgan fingerprint density at radius 3 is 2.59 bits per heavy atom. The van der Waals surface area contributed by atoms with Gasteiger partial charge in [0.1, 0.15) is 5.75 Å². The molecular formula is C13H18N2O2. The molecule has 1 amide bonds. The highest BCUT2D eigenvalue weighted by Gasteiger charge is 2.26. The van der Waals surface area contributed by atoms with Crippen molar-refractivity contribution in [1.29, 1.82) is 0 Å². The van der Waals surface area contributed by atoms with Gasteiger partial charge in [-0.1, -0.05) is 13.8 Å². The van der Waals surface area contributed by atoms with E-state index in [0.717, 1.165) is 13.1 Å². The molecule has 4 heteroatoms. The highest BCUT2D eigenvalue weighted by Crippen LogP contribution is 2.22. The van der Waals surface area contributed by atoms with Gasteiger partial charge in [-0.25, -0.2) is 0 Å². The number of hydrogen-bond acceptors (Lipinski definition) is 3. The Kier molecular flexibility index (Phi) is 3.31. The molecule has 0 spiro atoms. The van der Waals surface area contributed by atoms with Crippen molar-refractivity contribution in [1.82, 2.24) is 9.88 Å². The number of pyridine rings is 1. The zero-order chi connectivity index (χ0) is 12.4. The molecule has 4 nitrogen and oxygen atoms in total. The molecule has 2 atom stereocenters. The van der Waals surface area contributed by atoms with E-state index in [1.54, 1.807) is 0 Å². The van der Waals surface area contributed by atoms with Gasteiger partial charge in [-0.15, -0.1) is 0 Å². The lowest BCUT2D eigenvalue weighted by molar-refractivity contribution is 0.0622. The number of hydrogen-bond donors (Lipinski definition) is 1. The van der Waals surface area contributed by atoms with E-state index < -0.39 is 0 Å². The highest BCUT2D eigenvalue weighted by atomic mass is 16.3. The van der Waals surface area contributed by atoms with Gasteiger partial charge in [-0.3, -0.25) is 9.78 Å². The zero-order valence-corrected chi connectivity index (χ0v) is 10.3. The van der Waals surface area contributed by atoms with Crippen molar-refractivity contribution >= 4 is 5.91 Å². The van der Waals surface area contributed by atoms with E-state index in [1.165, 1.54) is 24.9 Å². The fourth-order valence-corrected chi connectivity index (χ4v) is 2.56. The summed E-state index contributed by atoms with van der Waals surface area (Å²) in [6.45, 7) is 5.91. The van der Waals surface area contributed by atoms with Crippen molar-refractivity contribution in [3.63, 3.8) is 0 Å². The van der Waals surface area contributed by atoms with Crippen molar-refractivity contribution in [2.45, 2.75) is 20.3 Å². The van der Waals surface area contributed by atoms with Crippen LogP contribution in [0.15, 0.2) is 18.5 Å². The number of carbonyl (C=O) groups excluding carboxylic acids is 1. The van der Waals surface area contributed by atoms with Crippen LogP contribution in [0, 0.1) is 11.8 Å². The van der Waals surface area contributed by atoms with Crippen LogP contribution in [0.25, 0.3) is 0 Å². The second-order valence-electron chi connectivity index (χ2n) is 5.09. The van der Waals surface area contributed by atoms with Crippen LogP contribution in [0.2, 0.25) is 0 Å². The highest BCUT2D eigenvalue weighted by molar-refractivity contribution is 5.94. The van der Waals surface area contributed by atoms with Crippen LogP contribution < -0.4 is 0 Å². The molecule has 2 heterocycles. The fraction of sp³-hybridized carbons (Fsp3) is 0.538. The smallest absolute Gasteiger partial charge is 0.255 e. The maximum Gasteiger partial charge on any atom is 0.255 e. The molecular weight excluding hydrogens is 216 g/mol. The standard InChI is InChI=1S/C13H18N2O2/c1-9-3-10(2)8-15(7-9)13(17)11-4-12(16)6-14-5-11/h4-6,9-10,16H,3,7-8H2,1-2H3. The first kappa shape index (κ1) is 11.9. The minimum atomic E-state index is -0.0354. The minimum absolute atomic E-state index is 0.0354. The van der Waals surface area contributed by atoms with Gasteiger partial charge in [-0.2, -0.15) is 0 Å². The number of aromatic nitrogens is 1. The SMILES string of the molecule is CC1CC(C)CN(C(=O)c2cncc(O)c2)C1. The number of carbonyl (C=O) groups is 1. The van der Waals surface area contributed by atoms with E-state index >= 15 is 0 Å². The molecule has 0 radical (unpaired) electrons. The predicted octanol–water partition coefficient (Wildman–Crippen LogP) is 1.91. The summed E-state index contributed by atoms with van der Waals surface area (Å²) in [4.78, 5) is 17.9. The first-order valence-corrected chi connectivity index (χ1v) is 5.99. The van der Waals surface area contributed by atoms with Crippen molar-refractivity contribution in [3.05, 3.63) is 24.0 Å². The van der Waals surface area contributed by atoms with Gasteiger partial charge in [0.2, 0.25) is 0 Å². The Morgan fingerprint density at radius 1 is 1.35 bits per heavy atom. The average molecular weight is 234 g/mol. The molecule has 1 aromatic heterocycles. The summed E-state index contributed by atoms with van der Waals surface area (Å²) in [5, 5.41) is 9.33. The number of aromatic hydroxyl groups is 1. The van der Waals surface area contributed by atoms with Crippen LogP contribution in [-0.2, 0) is 0 Å². The maximum atomic E-state index is 12.2. The summed E-state index contributed by atoms with van der Waals surface area (Å²) in [7, 11) is 0. The number of nitrogens with zero attached hydrogens (tertiary/aromatic N) is 2. The molecule has 1 aliphatic rings. The van der Waals surface area contributed by atoms with Crippen LogP contribution in [0.3, 0.4) is 0 Å². The molecule has 1 fully saturated rings. The molecule has 1 saturated heterocycles. The summed E-state index contributed by atoms with van der Waals surface area (Å²) >= 11 is 0. The third-order valence-corrected chi connectivity index (χ3v) is 3.13. The van der Waals surface area contributed by atoms with Gasteiger partial charge in [-0.05, 0) is 24.3 Å². The fourth-order valence-electron chi connectivity index (χ4n) is 2.56. The molecule has 2 unspecified atom stereocenters. The largest absolute Gasteiger partial charge is 0.506 e. The molecule has 0 bridgehead atoms. The van der Waals surface area contributed by atoms with Crippen molar-refractivity contribution < 1.29 is 9.90 Å². The third-order valence-electron chi connectivity index (χ3n) is 3.13. The number of likely N-dealkylation sites (tertiary alicyclic amines) is 1. The van der Waals surface area contributed by atoms with Crippen LogP contribution >= 0.6 is 0 Å². The Labute approximate surface area is 101 Å². The summed E-state index contributed by atoms with van der Waals surface area (Å²) in [5.41, 5.74) is 0.464. The Morgan fingerprint density at radius 2 is 2.00 bits per heavy atom. The maximum absolute atomic E-state index is 12.2. The number of amides is 1. The topological polar surface area (TPSA) is 53.4 Å². The van der Waals surface area contributed by atoms with Gasteiger partial charge in [0, 0.05) is 19.3 Å². The van der Waals surface area contributed by atoms with Crippen LogP contribution in [0.4, 0.5) is 0 Å². The van der Waals surface area contributed by atoms with Gasteiger partial charge in [0.25, 0.3) is 5.91 Å². The molecule has 0 aromatic carbocycles. The van der Waals surface area contributed by atoms with Gasteiger partial charge in [0.05, 0.1) is 11.8 Å². The summed E-state index contributed by atoms with van der Waals surface area (Å²) in [6.07, 6.45) is 4.01. The molecule has 1 N–H and O–H groups in total. The molecule has 0 saturated carbocycles. The van der Waals surface area contributed by atoms with E-state index in [1.807, 2.05) is 4.90 Å². The van der Waals surface area contributed by atoms with Gasteiger partial charge in [0.15, 0.2) is 0 Å². The molecule has 1 aromatic rings. The van der Waals surface area contributed by atoms with E-state index in [9.17, 15) is 9.90 Å². The number of rotatable bonds is 1. The first-order valence-electron chi connectivity index (χ1n) is 5.99. The lowest BCUT2D eigenvalue weighted by Crippen LogP contribution is -2.42. The quantitative estimate of drug-likeness (QED) is 0.807. The lowest BCUT2D eigenvalue weighted by Gasteiger charge is -2.35. The van der Waals surface area contributed by atoms with Crippen LogP contribution in [0.1, 0.15) is 30.6 Å². The third kappa shape index (κ3) is 2.75. The second-order valence-corrected chi connectivity index (χ2v) is 5.09. The van der Waals surface area contributed by atoms with Crippen molar-refractivity contribution in [2.75, 3.05) is 13.1 Å². The van der Waals surface area contributed by atoms with E-state index in [2.05, 4.69) is 18.8 Å². The predicted molar refractivity (Wildman–Crippen MR) is 64.8 cm³/mol. The van der Waals surface area contributed by atoms with E-state index in [0.29, 0.717) is 17.4 Å². The molecule has 17 heavy (non-hydrogen) atoms. The Hall–Kier alpha value is -1.58. The minimum Gasteiger partial charge on any atom is -0.506 e. The molecule has 0 aliphatic carbocycles. The monoisotopic (exact) mass is 234 g/mol. The summed E-state index contributed by atoms with van der Waals surface area (Å²) in [5.74, 6) is 1.07. The Bertz CT molecular complexity index is 410. The lowest BCUT2D eigenvalue weighted by atomic mass is 9.91. The second kappa shape index (κ2) is 4.73. The van der Waals surface area contributed by atoms with Crippen LogP contribution in [0.5, 0.6) is 5.75 Å². The van der Waals surface area contributed by atoms with Crippen molar-refractivity contribution in [2.24, 2.45) is 11.8 Å². The summed E-state index contributed by atoms with van der Waals surface area (Å²) < 4.78 is 0. The van der Waals surface area contributed by atoms with Crippen LogP contribution in [-0.4, -0.2) is 34.0 Å². The summed E-state index contributed by atoms with van der Waals surface area (Å²) in [6, 6.07) is 1.47. The van der Waals surface area contributed by atoms with Gasteiger partial charge >= 0.3 is 0 Å². The molecule has 2 rings (SSSR count). The van der Waals surface area contributed by atoms with E-state index in [-0.39, 0.29) is 11.7 Å². The molecule has 1 aliphatic heterocycles. The van der Waals surface area contributed by atoms with Gasteiger partial charge < -0.3 is 10.0 Å². The van der Waals surface area contributed by atoms with E-state index in [4.69, 9.17) is 0 Å². The first-order chi connectivity index (χ1) is 8.06. The van der Waals surface area contributed by atoms with Crippen molar-refractivity contribution in [3.8, 4) is 5.75 Å². The molecule has 92 valence electrons.